The molecule has 41 heavy (non-hydrogen) atoms. The Labute approximate surface area is 245 Å². The van der Waals surface area contributed by atoms with E-state index in [4.69, 9.17) is 25.4 Å². The molecule has 3 amide bonds. The molecule has 1 aromatic rings. The molecule has 0 bridgehead atoms. The SMILES string of the molecule is CCOP(=O)(OCC)[C@@H](O)[C@H](CC1=CC=NC1=O)NC(=O)[C@H](CC1CCCCC1)NC(=O)OCc1cccc(Cl)c1. The molecule has 3 N–H and O–H groups in total. The highest BCUT2D eigenvalue weighted by atomic mass is 35.5. The fourth-order valence-electron chi connectivity index (χ4n) is 4.97. The van der Waals surface area contributed by atoms with Crippen molar-refractivity contribution in [3.05, 3.63) is 46.5 Å². The molecule has 11 nitrogen and oxygen atoms in total. The number of aliphatic imine (C=N–C) groups is 1. The van der Waals surface area contributed by atoms with Gasteiger partial charge in [0, 0.05) is 23.2 Å². The van der Waals surface area contributed by atoms with Crippen molar-refractivity contribution in [2.45, 2.75) is 83.3 Å². The summed E-state index contributed by atoms with van der Waals surface area (Å²) < 4.78 is 29.4. The number of rotatable bonds is 15. The zero-order chi connectivity index (χ0) is 29.8. The van der Waals surface area contributed by atoms with Crippen LogP contribution in [0.25, 0.3) is 0 Å². The summed E-state index contributed by atoms with van der Waals surface area (Å²) in [7, 11) is -4.10. The third-order valence-corrected chi connectivity index (χ3v) is 9.45. The smallest absolute Gasteiger partial charge is 0.408 e. The predicted molar refractivity (Wildman–Crippen MR) is 155 cm³/mol. The van der Waals surface area contributed by atoms with E-state index in [0.29, 0.717) is 17.0 Å². The van der Waals surface area contributed by atoms with Crippen molar-refractivity contribution < 1.29 is 37.8 Å². The molecule has 13 heteroatoms. The lowest BCUT2D eigenvalue weighted by molar-refractivity contribution is -0.125. The number of halogens is 1. The zero-order valence-electron chi connectivity index (χ0n) is 23.4. The number of alkyl carbamates (subject to hydrolysis) is 1. The average molecular weight is 612 g/mol. The molecule has 2 aliphatic rings. The number of carbonyl (C=O) groups is 3. The lowest BCUT2D eigenvalue weighted by Gasteiger charge is -2.32. The van der Waals surface area contributed by atoms with Gasteiger partial charge in [-0.05, 0) is 50.0 Å². The van der Waals surface area contributed by atoms with E-state index in [0.717, 1.165) is 32.1 Å². The number of aliphatic hydroxyl groups excluding tert-OH is 1. The molecular formula is C28H39ClN3O8P. The van der Waals surface area contributed by atoms with Gasteiger partial charge in [0.25, 0.3) is 5.91 Å². The molecule has 0 aromatic heterocycles. The fraction of sp³-hybridized carbons (Fsp3) is 0.571. The zero-order valence-corrected chi connectivity index (χ0v) is 25.1. The molecule has 0 radical (unpaired) electrons. The second kappa shape index (κ2) is 16.2. The number of amides is 3. The summed E-state index contributed by atoms with van der Waals surface area (Å²) in [5.41, 5.74) is 0.898. The molecule has 1 aliphatic carbocycles. The molecule has 3 rings (SSSR count). The van der Waals surface area contributed by atoms with Crippen molar-refractivity contribution in [3.63, 3.8) is 0 Å². The van der Waals surface area contributed by atoms with Crippen LogP contribution in [0.4, 0.5) is 4.79 Å². The molecule has 1 saturated carbocycles. The van der Waals surface area contributed by atoms with Crippen LogP contribution in [-0.4, -0.2) is 60.4 Å². The molecule has 0 spiro atoms. The van der Waals surface area contributed by atoms with Gasteiger partial charge in [-0.1, -0.05) is 55.8 Å². The van der Waals surface area contributed by atoms with Crippen molar-refractivity contribution in [1.29, 1.82) is 0 Å². The lowest BCUT2D eigenvalue weighted by atomic mass is 9.84. The van der Waals surface area contributed by atoms with E-state index in [1.54, 1.807) is 38.1 Å². The van der Waals surface area contributed by atoms with Gasteiger partial charge in [-0.3, -0.25) is 14.2 Å². The summed E-state index contributed by atoms with van der Waals surface area (Å²) in [6.45, 7) is 3.13. The molecule has 0 unspecified atom stereocenters. The highest BCUT2D eigenvalue weighted by Crippen LogP contribution is 2.53. The maximum atomic E-state index is 13.7. The van der Waals surface area contributed by atoms with Crippen LogP contribution in [0.1, 0.15) is 64.4 Å². The molecular weight excluding hydrogens is 573 g/mol. The second-order valence-electron chi connectivity index (χ2n) is 10.0. The summed E-state index contributed by atoms with van der Waals surface area (Å²) in [5.74, 6) is -2.74. The Morgan fingerprint density at radius 3 is 2.46 bits per heavy atom. The van der Waals surface area contributed by atoms with Crippen molar-refractivity contribution in [3.8, 4) is 0 Å². The van der Waals surface area contributed by atoms with Crippen LogP contribution in [0.15, 0.2) is 40.9 Å². The van der Waals surface area contributed by atoms with E-state index in [1.165, 1.54) is 12.3 Å². The summed E-state index contributed by atoms with van der Waals surface area (Å²) in [6, 6.07) is 4.63. The fourth-order valence-corrected chi connectivity index (χ4v) is 6.91. The van der Waals surface area contributed by atoms with Gasteiger partial charge in [0.05, 0.1) is 19.3 Å². The molecule has 3 atom stereocenters. The minimum Gasteiger partial charge on any atom is -0.445 e. The highest BCUT2D eigenvalue weighted by molar-refractivity contribution is 7.54. The van der Waals surface area contributed by atoms with Crippen LogP contribution >= 0.6 is 19.2 Å². The Morgan fingerprint density at radius 2 is 1.85 bits per heavy atom. The summed E-state index contributed by atoms with van der Waals surface area (Å²) in [4.78, 5) is 42.3. The standard InChI is InChI=1S/C28H39ClN3O8P/c1-3-39-41(37,40-4-2)27(35)24(17-21-13-14-30-25(21)33)31-26(34)23(16-19-9-6-5-7-10-19)32-28(36)38-18-20-11-8-12-22(29)15-20/h8,11-15,19,23-24,27,35H,3-7,9-10,16-18H2,1-2H3,(H,31,34)(H,32,36)/t23-,24-,27+/m0/s1. The van der Waals surface area contributed by atoms with E-state index in [2.05, 4.69) is 15.6 Å². The van der Waals surface area contributed by atoms with E-state index >= 15 is 0 Å². The first-order chi connectivity index (χ1) is 19.6. The number of ether oxygens (including phenoxy) is 1. The van der Waals surface area contributed by atoms with Crippen molar-refractivity contribution in [2.75, 3.05) is 13.2 Å². The average Bonchev–Trinajstić information content (AvgIpc) is 3.35. The quantitative estimate of drug-likeness (QED) is 0.237. The van der Waals surface area contributed by atoms with E-state index in [9.17, 15) is 24.1 Å². The first kappa shape index (κ1) is 32.9. The van der Waals surface area contributed by atoms with Crippen molar-refractivity contribution in [2.24, 2.45) is 10.9 Å². The normalized spacial score (nSPS) is 18.0. The van der Waals surface area contributed by atoms with Crippen LogP contribution in [0.5, 0.6) is 0 Å². The largest absolute Gasteiger partial charge is 0.445 e. The second-order valence-corrected chi connectivity index (χ2v) is 12.6. The number of allylic oxidation sites excluding steroid dienone is 1. The minimum absolute atomic E-state index is 0.00985. The maximum absolute atomic E-state index is 13.7. The van der Waals surface area contributed by atoms with Gasteiger partial charge in [0.2, 0.25) is 5.91 Å². The summed E-state index contributed by atoms with van der Waals surface area (Å²) in [5, 5.41) is 17.0. The Bertz CT molecular complexity index is 1160. The Morgan fingerprint density at radius 1 is 1.15 bits per heavy atom. The van der Waals surface area contributed by atoms with Crippen LogP contribution < -0.4 is 10.6 Å². The topological polar surface area (TPSA) is 153 Å². The van der Waals surface area contributed by atoms with Gasteiger partial charge in [0.15, 0.2) is 5.85 Å². The molecule has 0 saturated heterocycles. The molecule has 226 valence electrons. The number of nitrogens with one attached hydrogen (secondary N) is 2. The molecule has 1 aliphatic heterocycles. The first-order valence-electron chi connectivity index (χ1n) is 14.0. The van der Waals surface area contributed by atoms with Gasteiger partial charge in [-0.2, -0.15) is 0 Å². The summed E-state index contributed by atoms with van der Waals surface area (Å²) >= 11 is 6.01. The minimum atomic E-state index is -4.10. The summed E-state index contributed by atoms with van der Waals surface area (Å²) in [6.07, 6.45) is 7.16. The lowest BCUT2D eigenvalue weighted by Crippen LogP contribution is -2.53. The predicted octanol–water partition coefficient (Wildman–Crippen LogP) is 4.90. The van der Waals surface area contributed by atoms with E-state index < -0.39 is 43.4 Å². The van der Waals surface area contributed by atoms with Gasteiger partial charge in [-0.25, -0.2) is 9.79 Å². The van der Waals surface area contributed by atoms with Crippen molar-refractivity contribution >= 4 is 43.3 Å². The molecule has 1 heterocycles. The first-order valence-corrected chi connectivity index (χ1v) is 16.0. The van der Waals surface area contributed by atoms with Gasteiger partial charge in [0.1, 0.15) is 12.6 Å². The number of hydrogen-bond donors (Lipinski definition) is 3. The Hall–Kier alpha value is -2.56. The number of benzene rings is 1. The highest BCUT2D eigenvalue weighted by Gasteiger charge is 2.42. The van der Waals surface area contributed by atoms with E-state index in [1.807, 2.05) is 0 Å². The monoisotopic (exact) mass is 611 g/mol. The van der Waals surface area contributed by atoms with E-state index in [-0.39, 0.29) is 37.7 Å². The number of carbonyl (C=O) groups excluding carboxylic acids is 3. The van der Waals surface area contributed by atoms with Crippen LogP contribution in [0.3, 0.4) is 0 Å². The molecule has 1 aromatic carbocycles. The third kappa shape index (κ3) is 10.0. The number of aliphatic hydroxyl groups is 1. The van der Waals surface area contributed by atoms with Crippen LogP contribution in [0, 0.1) is 5.92 Å². The number of nitrogens with zero attached hydrogens (tertiary/aromatic N) is 1. The third-order valence-electron chi connectivity index (χ3n) is 6.97. The molecule has 1 fully saturated rings. The Kier molecular flexibility index (Phi) is 13.0. The van der Waals surface area contributed by atoms with Crippen LogP contribution in [0.2, 0.25) is 5.02 Å². The van der Waals surface area contributed by atoms with Gasteiger partial charge in [-0.15, -0.1) is 0 Å². The van der Waals surface area contributed by atoms with Crippen LogP contribution in [-0.2, 0) is 34.5 Å². The maximum Gasteiger partial charge on any atom is 0.408 e. The number of hydrogen-bond acceptors (Lipinski definition) is 8. The van der Waals surface area contributed by atoms with Gasteiger partial charge < -0.3 is 29.5 Å². The van der Waals surface area contributed by atoms with Crippen molar-refractivity contribution in [1.82, 2.24) is 10.6 Å². The van der Waals surface area contributed by atoms with Gasteiger partial charge >= 0.3 is 13.7 Å². The Balaban J connectivity index is 1.78.